The van der Waals surface area contributed by atoms with Crippen LogP contribution in [0.4, 0.5) is 0 Å². The summed E-state index contributed by atoms with van der Waals surface area (Å²) >= 11 is 0. The Hall–Kier alpha value is -2.17. The highest BCUT2D eigenvalue weighted by Gasteiger charge is 2.09. The van der Waals surface area contributed by atoms with E-state index >= 15 is 0 Å². The Morgan fingerprint density at radius 3 is 3.00 bits per heavy atom. The van der Waals surface area contributed by atoms with Crippen molar-refractivity contribution in [2.75, 3.05) is 0 Å². The minimum Gasteiger partial charge on any atom is -0.481 e. The largest absolute Gasteiger partial charge is 0.481 e. The van der Waals surface area contributed by atoms with Crippen LogP contribution >= 0.6 is 0 Å². The first-order valence-corrected chi connectivity index (χ1v) is 4.93. The average molecular weight is 217 g/mol. The summed E-state index contributed by atoms with van der Waals surface area (Å²) in [5, 5.41) is 15.4. The van der Waals surface area contributed by atoms with Gasteiger partial charge in [0, 0.05) is 12.6 Å². The van der Waals surface area contributed by atoms with Gasteiger partial charge in [0.2, 0.25) is 0 Å². The Labute approximate surface area is 92.2 Å². The zero-order valence-electron chi connectivity index (χ0n) is 8.55. The number of aromatic nitrogens is 3. The van der Waals surface area contributed by atoms with E-state index in [0.29, 0.717) is 6.42 Å². The van der Waals surface area contributed by atoms with Gasteiger partial charge in [0.1, 0.15) is 0 Å². The molecule has 5 nitrogen and oxygen atoms in total. The quantitative estimate of drug-likeness (QED) is 0.813. The van der Waals surface area contributed by atoms with Crippen LogP contribution in [0.15, 0.2) is 30.6 Å². The molecule has 0 amide bonds. The number of carboxylic acid groups (broad SMARTS) is 1. The molecule has 0 aromatic carbocycles. The van der Waals surface area contributed by atoms with Crippen LogP contribution in [0.2, 0.25) is 0 Å². The molecule has 16 heavy (non-hydrogen) atoms. The highest BCUT2D eigenvalue weighted by Crippen LogP contribution is 2.19. The predicted molar refractivity (Wildman–Crippen MR) is 57.8 cm³/mol. The maximum atomic E-state index is 10.5. The number of pyridine rings is 1. The molecular formula is C11H11N3O2. The van der Waals surface area contributed by atoms with Gasteiger partial charge < -0.3 is 5.11 Å². The summed E-state index contributed by atoms with van der Waals surface area (Å²) in [4.78, 5) is 14.7. The van der Waals surface area contributed by atoms with Crippen LogP contribution in [0, 0.1) is 0 Å². The van der Waals surface area contributed by atoms with Crippen molar-refractivity contribution in [1.29, 1.82) is 0 Å². The van der Waals surface area contributed by atoms with E-state index in [1.807, 2.05) is 18.2 Å². The van der Waals surface area contributed by atoms with E-state index in [0.717, 1.165) is 17.0 Å². The maximum Gasteiger partial charge on any atom is 0.303 e. The van der Waals surface area contributed by atoms with Crippen molar-refractivity contribution in [3.05, 3.63) is 36.2 Å². The summed E-state index contributed by atoms with van der Waals surface area (Å²) in [7, 11) is 0. The molecule has 2 aromatic heterocycles. The number of aryl methyl sites for hydroxylation is 1. The van der Waals surface area contributed by atoms with E-state index in [2.05, 4.69) is 15.2 Å². The molecule has 0 aliphatic heterocycles. The van der Waals surface area contributed by atoms with Gasteiger partial charge in [-0.2, -0.15) is 5.10 Å². The third kappa shape index (κ3) is 2.25. The van der Waals surface area contributed by atoms with Crippen LogP contribution in [0.3, 0.4) is 0 Å². The number of nitrogens with zero attached hydrogens (tertiary/aromatic N) is 2. The molecule has 2 aromatic rings. The van der Waals surface area contributed by atoms with Crippen molar-refractivity contribution in [3.63, 3.8) is 0 Å². The van der Waals surface area contributed by atoms with Crippen molar-refractivity contribution in [3.8, 4) is 11.4 Å². The van der Waals surface area contributed by atoms with Crippen LogP contribution in [0.25, 0.3) is 11.4 Å². The Morgan fingerprint density at radius 1 is 1.44 bits per heavy atom. The minimum atomic E-state index is -0.812. The zero-order valence-corrected chi connectivity index (χ0v) is 8.55. The maximum absolute atomic E-state index is 10.5. The topological polar surface area (TPSA) is 78.9 Å². The molecule has 0 atom stereocenters. The number of carbonyl (C=O) groups is 1. The minimum absolute atomic E-state index is 0.0966. The molecule has 2 rings (SSSR count). The highest BCUT2D eigenvalue weighted by atomic mass is 16.4. The zero-order chi connectivity index (χ0) is 11.4. The summed E-state index contributed by atoms with van der Waals surface area (Å²) in [5.41, 5.74) is 2.45. The molecule has 0 unspecified atom stereocenters. The molecule has 0 bridgehead atoms. The number of aliphatic carboxylic acids is 1. The van der Waals surface area contributed by atoms with Gasteiger partial charge in [-0.05, 0) is 24.1 Å². The fourth-order valence-corrected chi connectivity index (χ4v) is 1.47. The van der Waals surface area contributed by atoms with Crippen molar-refractivity contribution in [2.24, 2.45) is 0 Å². The van der Waals surface area contributed by atoms with Gasteiger partial charge in [0.25, 0.3) is 0 Å². The van der Waals surface area contributed by atoms with Crippen molar-refractivity contribution in [1.82, 2.24) is 15.2 Å². The van der Waals surface area contributed by atoms with Crippen molar-refractivity contribution in [2.45, 2.75) is 12.8 Å². The number of hydrogen-bond donors (Lipinski definition) is 2. The normalized spacial score (nSPS) is 10.2. The molecule has 0 spiro atoms. The van der Waals surface area contributed by atoms with E-state index in [-0.39, 0.29) is 6.42 Å². The molecule has 5 heteroatoms. The van der Waals surface area contributed by atoms with Gasteiger partial charge in [-0.3, -0.25) is 14.9 Å². The lowest BCUT2D eigenvalue weighted by Crippen LogP contribution is -1.98. The second-order valence-corrected chi connectivity index (χ2v) is 3.38. The Bertz CT molecular complexity index is 479. The molecule has 0 fully saturated rings. The lowest BCUT2D eigenvalue weighted by atomic mass is 10.1. The van der Waals surface area contributed by atoms with Crippen molar-refractivity contribution < 1.29 is 9.90 Å². The first-order chi connectivity index (χ1) is 7.77. The summed E-state index contributed by atoms with van der Waals surface area (Å²) < 4.78 is 0. The molecule has 0 saturated carbocycles. The molecule has 0 aliphatic carbocycles. The third-order valence-electron chi connectivity index (χ3n) is 2.25. The number of rotatable bonds is 4. The fraction of sp³-hybridized carbons (Fsp3) is 0.182. The Morgan fingerprint density at radius 2 is 2.31 bits per heavy atom. The second-order valence-electron chi connectivity index (χ2n) is 3.38. The first kappa shape index (κ1) is 10.4. The standard InChI is InChI=1S/C11H11N3O2/c15-10(16)5-4-8-7-13-14-11(8)9-3-1-2-6-12-9/h1-3,6-7H,4-5H2,(H,13,14)(H,15,16). The van der Waals surface area contributed by atoms with E-state index in [1.54, 1.807) is 12.4 Å². The smallest absolute Gasteiger partial charge is 0.303 e. The lowest BCUT2D eigenvalue weighted by molar-refractivity contribution is -0.136. The number of aromatic amines is 1. The van der Waals surface area contributed by atoms with Crippen LogP contribution in [-0.4, -0.2) is 26.3 Å². The second kappa shape index (κ2) is 4.57. The van der Waals surface area contributed by atoms with Crippen LogP contribution < -0.4 is 0 Å². The first-order valence-electron chi connectivity index (χ1n) is 4.93. The van der Waals surface area contributed by atoms with Gasteiger partial charge in [0.05, 0.1) is 17.6 Å². The Kier molecular flexibility index (Phi) is 2.95. The lowest BCUT2D eigenvalue weighted by Gasteiger charge is -2.00. The molecule has 0 saturated heterocycles. The highest BCUT2D eigenvalue weighted by molar-refractivity contribution is 5.68. The number of nitrogens with one attached hydrogen (secondary N) is 1. The van der Waals surface area contributed by atoms with E-state index in [9.17, 15) is 4.79 Å². The molecule has 2 N–H and O–H groups in total. The van der Waals surface area contributed by atoms with E-state index in [1.165, 1.54) is 0 Å². The van der Waals surface area contributed by atoms with Gasteiger partial charge in [-0.25, -0.2) is 0 Å². The monoisotopic (exact) mass is 217 g/mol. The van der Waals surface area contributed by atoms with Crippen LogP contribution in [-0.2, 0) is 11.2 Å². The number of hydrogen-bond acceptors (Lipinski definition) is 3. The molecule has 0 radical (unpaired) electrons. The number of H-pyrrole nitrogens is 1. The molecule has 0 aliphatic rings. The molecule has 82 valence electrons. The van der Waals surface area contributed by atoms with Crippen molar-refractivity contribution >= 4 is 5.97 Å². The van der Waals surface area contributed by atoms with E-state index < -0.39 is 5.97 Å². The summed E-state index contributed by atoms with van der Waals surface area (Å²) in [6.07, 6.45) is 3.89. The molecule has 2 heterocycles. The van der Waals surface area contributed by atoms with Gasteiger partial charge in [-0.15, -0.1) is 0 Å². The summed E-state index contributed by atoms with van der Waals surface area (Å²) in [6.45, 7) is 0. The average Bonchev–Trinajstić information content (AvgIpc) is 2.75. The summed E-state index contributed by atoms with van der Waals surface area (Å²) in [5.74, 6) is -0.812. The van der Waals surface area contributed by atoms with Gasteiger partial charge >= 0.3 is 5.97 Å². The predicted octanol–water partition coefficient (Wildman–Crippen LogP) is 1.49. The van der Waals surface area contributed by atoms with Gasteiger partial charge in [-0.1, -0.05) is 6.07 Å². The molecular weight excluding hydrogens is 206 g/mol. The number of carboxylic acids is 1. The van der Waals surface area contributed by atoms with Crippen LogP contribution in [0.1, 0.15) is 12.0 Å². The van der Waals surface area contributed by atoms with E-state index in [4.69, 9.17) is 5.11 Å². The third-order valence-corrected chi connectivity index (χ3v) is 2.25. The van der Waals surface area contributed by atoms with Gasteiger partial charge in [0.15, 0.2) is 0 Å². The Balaban J connectivity index is 2.23. The fourth-order valence-electron chi connectivity index (χ4n) is 1.47. The SMILES string of the molecule is O=C(O)CCc1cn[nH]c1-c1ccccn1. The van der Waals surface area contributed by atoms with Crippen LogP contribution in [0.5, 0.6) is 0 Å². The summed E-state index contributed by atoms with van der Waals surface area (Å²) in [6, 6.07) is 5.57.